The van der Waals surface area contributed by atoms with Gasteiger partial charge in [0.2, 0.25) is 0 Å². The molecule has 0 saturated carbocycles. The third-order valence-electron chi connectivity index (χ3n) is 2.95. The molecule has 1 atom stereocenters. The Balaban J connectivity index is 2.08. The van der Waals surface area contributed by atoms with Gasteiger partial charge in [-0.05, 0) is 30.7 Å². The molecule has 0 aliphatic heterocycles. The van der Waals surface area contributed by atoms with Crippen LogP contribution in [0.3, 0.4) is 0 Å². The van der Waals surface area contributed by atoms with Gasteiger partial charge in [0.05, 0.1) is 11.5 Å². The first-order valence-corrected chi connectivity index (χ1v) is 8.49. The fraction of sp³-hybridized carbons (Fsp3) is 0.200. The predicted molar refractivity (Wildman–Crippen MR) is 83.4 cm³/mol. The normalized spacial score (nSPS) is 13.1. The molecule has 21 heavy (non-hydrogen) atoms. The third kappa shape index (κ3) is 4.14. The number of aliphatic hydroxyl groups is 1. The molecule has 2 aromatic carbocycles. The van der Waals surface area contributed by atoms with Crippen LogP contribution in [0.4, 0.5) is 0 Å². The van der Waals surface area contributed by atoms with Crippen LogP contribution in [0.2, 0.25) is 0 Å². The molecular weight excluding hydrogens is 356 g/mol. The highest BCUT2D eigenvalue weighted by atomic mass is 79.9. The van der Waals surface area contributed by atoms with E-state index in [2.05, 4.69) is 15.9 Å². The van der Waals surface area contributed by atoms with Crippen LogP contribution in [0, 0.1) is 6.92 Å². The van der Waals surface area contributed by atoms with Crippen molar-refractivity contribution >= 4 is 26.0 Å². The minimum Gasteiger partial charge on any atom is -0.386 e. The number of hydrogen-bond acceptors (Lipinski definition) is 4. The lowest BCUT2D eigenvalue weighted by Gasteiger charge is -2.13. The van der Waals surface area contributed by atoms with Crippen molar-refractivity contribution in [2.45, 2.75) is 17.9 Å². The Labute approximate surface area is 132 Å². The van der Waals surface area contributed by atoms with Gasteiger partial charge in [0.1, 0.15) is 6.10 Å². The molecule has 0 aliphatic carbocycles. The Bertz CT molecular complexity index is 711. The summed E-state index contributed by atoms with van der Waals surface area (Å²) in [5.74, 6) is 0. The molecule has 0 aromatic heterocycles. The Morgan fingerprint density at radius 2 is 1.76 bits per heavy atom. The number of hydrogen-bond donors (Lipinski definition) is 1. The van der Waals surface area contributed by atoms with Crippen LogP contribution in [0.15, 0.2) is 57.9 Å². The summed E-state index contributed by atoms with van der Waals surface area (Å²) < 4.78 is 29.7. The van der Waals surface area contributed by atoms with Crippen molar-refractivity contribution in [1.82, 2.24) is 0 Å². The third-order valence-corrected chi connectivity index (χ3v) is 4.97. The summed E-state index contributed by atoms with van der Waals surface area (Å²) in [7, 11) is -3.87. The average molecular weight is 371 g/mol. The molecule has 0 heterocycles. The van der Waals surface area contributed by atoms with E-state index >= 15 is 0 Å². The van der Waals surface area contributed by atoms with Gasteiger partial charge in [-0.2, -0.15) is 8.42 Å². The first kappa shape index (κ1) is 16.2. The molecule has 6 heteroatoms. The molecule has 0 saturated heterocycles. The van der Waals surface area contributed by atoms with Gasteiger partial charge in [0.25, 0.3) is 10.1 Å². The molecule has 2 rings (SSSR count). The summed E-state index contributed by atoms with van der Waals surface area (Å²) in [4.78, 5) is 0.0763. The van der Waals surface area contributed by atoms with E-state index < -0.39 is 16.2 Å². The molecule has 0 bridgehead atoms. The Hall–Kier alpha value is -1.21. The van der Waals surface area contributed by atoms with E-state index in [9.17, 15) is 13.5 Å². The standard InChI is InChI=1S/C15H15BrO4S/c1-11-6-8-12(9-7-11)21(18,19)20-10-15(17)13-4-2-3-5-14(13)16/h2-9,15,17H,10H2,1H3. The highest BCUT2D eigenvalue weighted by Crippen LogP contribution is 2.24. The van der Waals surface area contributed by atoms with E-state index in [1.165, 1.54) is 12.1 Å². The molecule has 1 N–H and O–H groups in total. The lowest BCUT2D eigenvalue weighted by Crippen LogP contribution is -2.13. The van der Waals surface area contributed by atoms with Crippen LogP contribution < -0.4 is 0 Å². The highest BCUT2D eigenvalue weighted by molar-refractivity contribution is 9.10. The molecule has 0 radical (unpaired) electrons. The summed E-state index contributed by atoms with van der Waals surface area (Å²) in [6.45, 7) is 1.53. The van der Waals surface area contributed by atoms with Crippen molar-refractivity contribution in [1.29, 1.82) is 0 Å². The second kappa shape index (κ2) is 6.70. The van der Waals surface area contributed by atoms with Crippen molar-refractivity contribution < 1.29 is 17.7 Å². The van der Waals surface area contributed by atoms with E-state index in [1.54, 1.807) is 30.3 Å². The van der Waals surface area contributed by atoms with E-state index in [0.717, 1.165) is 5.56 Å². The fourth-order valence-electron chi connectivity index (χ4n) is 1.76. The van der Waals surface area contributed by atoms with Crippen LogP contribution in [0.1, 0.15) is 17.2 Å². The molecule has 4 nitrogen and oxygen atoms in total. The predicted octanol–water partition coefficient (Wildman–Crippen LogP) is 3.20. The highest BCUT2D eigenvalue weighted by Gasteiger charge is 2.19. The first-order chi connectivity index (χ1) is 9.90. The second-order valence-electron chi connectivity index (χ2n) is 4.59. The van der Waals surface area contributed by atoms with Gasteiger partial charge in [0.15, 0.2) is 0 Å². The maximum absolute atomic E-state index is 12.0. The molecule has 0 amide bonds. The Morgan fingerprint density at radius 3 is 2.38 bits per heavy atom. The maximum Gasteiger partial charge on any atom is 0.297 e. The smallest absolute Gasteiger partial charge is 0.297 e. The number of aryl methyl sites for hydroxylation is 1. The van der Waals surface area contributed by atoms with Crippen molar-refractivity contribution in [3.8, 4) is 0 Å². The minimum absolute atomic E-state index is 0.0763. The Morgan fingerprint density at radius 1 is 1.14 bits per heavy atom. The van der Waals surface area contributed by atoms with Gasteiger partial charge in [-0.3, -0.25) is 4.18 Å². The molecule has 0 spiro atoms. The van der Waals surface area contributed by atoms with Gasteiger partial charge >= 0.3 is 0 Å². The van der Waals surface area contributed by atoms with E-state index in [1.807, 2.05) is 13.0 Å². The molecule has 0 aliphatic rings. The topological polar surface area (TPSA) is 63.6 Å². The van der Waals surface area contributed by atoms with Gasteiger partial charge in [-0.1, -0.05) is 51.8 Å². The summed E-state index contributed by atoms with van der Waals surface area (Å²) in [5, 5.41) is 10.0. The van der Waals surface area contributed by atoms with Crippen LogP contribution in [0.25, 0.3) is 0 Å². The van der Waals surface area contributed by atoms with Crippen LogP contribution in [-0.2, 0) is 14.3 Å². The SMILES string of the molecule is Cc1ccc(S(=O)(=O)OCC(O)c2ccccc2Br)cc1. The first-order valence-electron chi connectivity index (χ1n) is 6.29. The molecule has 112 valence electrons. The van der Waals surface area contributed by atoms with Gasteiger partial charge in [0, 0.05) is 4.47 Å². The van der Waals surface area contributed by atoms with Gasteiger partial charge < -0.3 is 5.11 Å². The lowest BCUT2D eigenvalue weighted by atomic mass is 10.1. The molecule has 1 unspecified atom stereocenters. The van der Waals surface area contributed by atoms with Crippen molar-refractivity contribution in [3.63, 3.8) is 0 Å². The summed E-state index contributed by atoms with van der Waals surface area (Å²) in [6.07, 6.45) is -1.03. The number of rotatable bonds is 5. The van der Waals surface area contributed by atoms with E-state index in [4.69, 9.17) is 4.18 Å². The van der Waals surface area contributed by atoms with Gasteiger partial charge in [-0.15, -0.1) is 0 Å². The van der Waals surface area contributed by atoms with Gasteiger partial charge in [-0.25, -0.2) is 0 Å². The number of benzene rings is 2. The minimum atomic E-state index is -3.87. The summed E-state index contributed by atoms with van der Waals surface area (Å²) in [6, 6.07) is 13.4. The zero-order valence-electron chi connectivity index (χ0n) is 11.4. The molecule has 0 fully saturated rings. The second-order valence-corrected chi connectivity index (χ2v) is 7.06. The van der Waals surface area contributed by atoms with Crippen LogP contribution >= 0.6 is 15.9 Å². The van der Waals surface area contributed by atoms with Crippen molar-refractivity contribution in [2.75, 3.05) is 6.61 Å². The van der Waals surface area contributed by atoms with Crippen LogP contribution in [0.5, 0.6) is 0 Å². The summed E-state index contributed by atoms with van der Waals surface area (Å²) >= 11 is 3.31. The van der Waals surface area contributed by atoms with Crippen molar-refractivity contribution in [2.24, 2.45) is 0 Å². The molecule has 2 aromatic rings. The van der Waals surface area contributed by atoms with E-state index in [-0.39, 0.29) is 11.5 Å². The lowest BCUT2D eigenvalue weighted by molar-refractivity contribution is 0.111. The zero-order chi connectivity index (χ0) is 15.5. The summed E-state index contributed by atoms with van der Waals surface area (Å²) in [5.41, 5.74) is 1.54. The number of halogens is 1. The average Bonchev–Trinajstić information content (AvgIpc) is 2.46. The van der Waals surface area contributed by atoms with E-state index in [0.29, 0.717) is 10.0 Å². The number of aliphatic hydroxyl groups excluding tert-OH is 1. The Kier molecular flexibility index (Phi) is 5.16. The monoisotopic (exact) mass is 370 g/mol. The van der Waals surface area contributed by atoms with Crippen LogP contribution in [-0.4, -0.2) is 20.1 Å². The van der Waals surface area contributed by atoms with Crippen molar-refractivity contribution in [3.05, 3.63) is 64.1 Å². The molecular formula is C15H15BrO4S. The quantitative estimate of drug-likeness (QED) is 0.820. The zero-order valence-corrected chi connectivity index (χ0v) is 13.8. The maximum atomic E-state index is 12.0. The largest absolute Gasteiger partial charge is 0.386 e. The fourth-order valence-corrected chi connectivity index (χ4v) is 3.22.